The van der Waals surface area contributed by atoms with Gasteiger partial charge >= 0.3 is 0 Å². The molecule has 2 heterocycles. The van der Waals surface area contributed by atoms with E-state index in [9.17, 15) is 18.4 Å². The first-order valence-electron chi connectivity index (χ1n) is 9.00. The van der Waals surface area contributed by atoms with Gasteiger partial charge in [0.1, 0.15) is 22.1 Å². The number of anilines is 2. The number of fused-ring (bicyclic) bond motifs is 1. The third-order valence-corrected chi connectivity index (χ3v) is 5.42. The molecule has 4 rings (SSSR count). The number of Topliss-reactive ketones (excluding diaryl/α,β-unsaturated/α-hetero) is 2. The van der Waals surface area contributed by atoms with Crippen LogP contribution in [0.2, 0.25) is 0 Å². The van der Waals surface area contributed by atoms with Gasteiger partial charge in [0.05, 0.1) is 5.56 Å². The van der Waals surface area contributed by atoms with Crippen molar-refractivity contribution < 1.29 is 18.4 Å². The highest BCUT2D eigenvalue weighted by Gasteiger charge is 2.33. The van der Waals surface area contributed by atoms with Gasteiger partial charge in [-0.3, -0.25) is 14.6 Å². The molecule has 0 radical (unpaired) electrons. The number of rotatable bonds is 3. The molecule has 1 N–H and O–H groups in total. The quantitative estimate of drug-likeness (QED) is 0.826. The van der Waals surface area contributed by atoms with Crippen LogP contribution in [-0.2, 0) is 0 Å². The molecule has 1 saturated heterocycles. The minimum atomic E-state index is -0.881. The van der Waals surface area contributed by atoms with E-state index in [0.717, 1.165) is 13.1 Å². The first-order valence-corrected chi connectivity index (χ1v) is 9.38. The number of halogens is 3. The summed E-state index contributed by atoms with van der Waals surface area (Å²) in [6.45, 7) is 2.87. The fourth-order valence-electron chi connectivity index (χ4n) is 3.38. The van der Waals surface area contributed by atoms with Gasteiger partial charge in [0.2, 0.25) is 11.6 Å². The average Bonchev–Trinajstić information content (AvgIpc) is 2.71. The summed E-state index contributed by atoms with van der Waals surface area (Å²) in [4.78, 5) is 33.0. The van der Waals surface area contributed by atoms with E-state index in [-0.39, 0.29) is 17.0 Å². The van der Waals surface area contributed by atoms with Crippen LogP contribution in [0.1, 0.15) is 20.8 Å². The second kappa shape index (κ2) is 7.53. The number of carbonyl (C=O) groups is 2. The summed E-state index contributed by atoms with van der Waals surface area (Å²) in [7, 11) is 1.99. The Bertz CT molecular complexity index is 1030. The highest BCUT2D eigenvalue weighted by molar-refractivity contribution is 6.50. The van der Waals surface area contributed by atoms with E-state index < -0.39 is 33.9 Å². The van der Waals surface area contributed by atoms with Crippen LogP contribution in [0, 0.1) is 11.6 Å². The predicted octanol–water partition coefficient (Wildman–Crippen LogP) is 3.05. The van der Waals surface area contributed by atoms with Gasteiger partial charge in [-0.1, -0.05) is 11.6 Å². The zero-order chi connectivity index (χ0) is 20.7. The maximum absolute atomic E-state index is 14.7. The topological polar surface area (TPSA) is 65.5 Å². The molecule has 1 aliphatic carbocycles. The monoisotopic (exact) mass is 418 g/mol. The highest BCUT2D eigenvalue weighted by atomic mass is 35.5. The first-order chi connectivity index (χ1) is 13.9. The van der Waals surface area contributed by atoms with Crippen molar-refractivity contribution in [2.24, 2.45) is 0 Å². The summed E-state index contributed by atoms with van der Waals surface area (Å²) in [6.07, 6.45) is 1.36. The molecule has 1 fully saturated rings. The smallest absolute Gasteiger partial charge is 0.225 e. The number of pyridine rings is 1. The zero-order valence-electron chi connectivity index (χ0n) is 15.5. The van der Waals surface area contributed by atoms with Crippen LogP contribution in [0.3, 0.4) is 0 Å². The highest BCUT2D eigenvalue weighted by Crippen LogP contribution is 2.32. The third kappa shape index (κ3) is 3.49. The van der Waals surface area contributed by atoms with Crippen molar-refractivity contribution in [2.75, 3.05) is 43.4 Å². The molecule has 0 atom stereocenters. The van der Waals surface area contributed by atoms with Crippen LogP contribution in [0.15, 0.2) is 41.2 Å². The number of likely N-dealkylation sites (N-methyl/N-ethyl adjacent to an activating group) is 1. The van der Waals surface area contributed by atoms with Gasteiger partial charge in [-0.25, -0.2) is 8.78 Å². The Morgan fingerprint density at radius 2 is 1.72 bits per heavy atom. The molecule has 0 unspecified atom stereocenters. The number of nitrogens with one attached hydrogen (secondary N) is 1. The first kappa shape index (κ1) is 19.5. The van der Waals surface area contributed by atoms with Gasteiger partial charge in [-0.05, 0) is 31.3 Å². The van der Waals surface area contributed by atoms with Gasteiger partial charge in [0.15, 0.2) is 11.6 Å². The fourth-order valence-corrected chi connectivity index (χ4v) is 3.61. The summed E-state index contributed by atoms with van der Waals surface area (Å²) in [5, 5.41) is 1.94. The number of aromatic nitrogens is 1. The van der Waals surface area contributed by atoms with Crippen molar-refractivity contribution in [1.29, 1.82) is 0 Å². The van der Waals surface area contributed by atoms with E-state index in [2.05, 4.69) is 15.2 Å². The number of piperazine rings is 1. The van der Waals surface area contributed by atoms with Gasteiger partial charge in [0.25, 0.3) is 0 Å². The molecular weight excluding hydrogens is 402 g/mol. The van der Waals surface area contributed by atoms with Crippen molar-refractivity contribution >= 4 is 34.5 Å². The number of nitrogens with zero attached hydrogens (tertiary/aromatic N) is 3. The Morgan fingerprint density at radius 1 is 1.07 bits per heavy atom. The zero-order valence-corrected chi connectivity index (χ0v) is 16.3. The second-order valence-electron chi connectivity index (χ2n) is 6.95. The van der Waals surface area contributed by atoms with Crippen LogP contribution < -0.4 is 10.2 Å². The Balaban J connectivity index is 1.65. The average molecular weight is 419 g/mol. The molecule has 1 aromatic carbocycles. The lowest BCUT2D eigenvalue weighted by atomic mass is 9.96. The largest absolute Gasteiger partial charge is 0.369 e. The number of hydrogen-bond donors (Lipinski definition) is 1. The molecule has 150 valence electrons. The van der Waals surface area contributed by atoms with E-state index in [0.29, 0.717) is 18.8 Å². The van der Waals surface area contributed by atoms with Crippen LogP contribution in [-0.4, -0.2) is 54.7 Å². The third-order valence-electron chi connectivity index (χ3n) is 5.06. The summed E-state index contributed by atoms with van der Waals surface area (Å²) in [6, 6.07) is 5.31. The lowest BCUT2D eigenvalue weighted by molar-refractivity contribution is 0.0978. The van der Waals surface area contributed by atoms with Crippen LogP contribution in [0.5, 0.6) is 0 Å². The SMILES string of the molecule is CN1CCN(c2cc(F)c(NC3=C(Cl)C(=O)c4ncccc4C3=O)c(F)c2)CC1. The molecule has 2 aliphatic rings. The van der Waals surface area contributed by atoms with Gasteiger partial charge < -0.3 is 15.1 Å². The Morgan fingerprint density at radius 3 is 2.38 bits per heavy atom. The number of ketones is 2. The van der Waals surface area contributed by atoms with E-state index >= 15 is 0 Å². The van der Waals surface area contributed by atoms with Gasteiger partial charge in [0, 0.05) is 38.1 Å². The van der Waals surface area contributed by atoms with Crippen molar-refractivity contribution in [2.45, 2.75) is 0 Å². The number of allylic oxidation sites excluding steroid dienone is 2. The molecule has 0 amide bonds. The predicted molar refractivity (Wildman–Crippen MR) is 105 cm³/mol. The molecule has 1 aromatic heterocycles. The molecule has 9 heteroatoms. The molecule has 0 saturated carbocycles. The van der Waals surface area contributed by atoms with Crippen LogP contribution >= 0.6 is 11.6 Å². The summed E-state index contributed by atoms with van der Waals surface area (Å²) >= 11 is 6.03. The molecule has 0 spiro atoms. The van der Waals surface area contributed by atoms with E-state index in [1.54, 1.807) is 0 Å². The molecule has 0 bridgehead atoms. The minimum Gasteiger partial charge on any atom is -0.369 e. The van der Waals surface area contributed by atoms with Crippen LogP contribution in [0.25, 0.3) is 0 Å². The van der Waals surface area contributed by atoms with E-state index in [4.69, 9.17) is 11.6 Å². The summed E-state index contributed by atoms with van der Waals surface area (Å²) in [5.74, 6) is -3.10. The van der Waals surface area contributed by atoms with Gasteiger partial charge in [-0.2, -0.15) is 0 Å². The Labute approximate surface area is 170 Å². The number of benzene rings is 1. The molecular formula is C20H17ClF2N4O2. The lowest BCUT2D eigenvalue weighted by Crippen LogP contribution is -2.44. The lowest BCUT2D eigenvalue weighted by Gasteiger charge is -2.34. The molecule has 2 aromatic rings. The fraction of sp³-hybridized carbons (Fsp3) is 0.250. The number of carbonyl (C=O) groups excluding carboxylic acids is 2. The van der Waals surface area contributed by atoms with Crippen LogP contribution in [0.4, 0.5) is 20.2 Å². The second-order valence-corrected chi connectivity index (χ2v) is 7.32. The van der Waals surface area contributed by atoms with Crippen molar-refractivity contribution in [3.05, 3.63) is 64.1 Å². The maximum Gasteiger partial charge on any atom is 0.225 e. The Hall–Kier alpha value is -2.84. The molecule has 29 heavy (non-hydrogen) atoms. The van der Waals surface area contributed by atoms with E-state index in [1.165, 1.54) is 30.5 Å². The Kier molecular flexibility index (Phi) is 5.06. The van der Waals surface area contributed by atoms with Crippen molar-refractivity contribution in [1.82, 2.24) is 9.88 Å². The van der Waals surface area contributed by atoms with E-state index in [1.807, 2.05) is 11.9 Å². The standard InChI is InChI=1S/C20H17ClF2N4O2/c1-26-5-7-27(8-6-26)11-9-13(22)17(14(23)10-11)25-18-15(21)20(29)16-12(19(18)28)3-2-4-24-16/h2-4,9-10,25H,5-8H2,1H3. The number of hydrogen-bond acceptors (Lipinski definition) is 6. The van der Waals surface area contributed by atoms with Crippen molar-refractivity contribution in [3.63, 3.8) is 0 Å². The summed E-state index contributed by atoms with van der Waals surface area (Å²) in [5.41, 5.74) is -0.551. The molecule has 6 nitrogen and oxygen atoms in total. The maximum atomic E-state index is 14.7. The normalized spacial score (nSPS) is 17.6. The molecule has 1 aliphatic heterocycles. The van der Waals surface area contributed by atoms with Gasteiger partial charge in [-0.15, -0.1) is 0 Å². The minimum absolute atomic E-state index is 0.0271. The summed E-state index contributed by atoms with van der Waals surface area (Å²) < 4.78 is 29.5. The van der Waals surface area contributed by atoms with Crippen molar-refractivity contribution in [3.8, 4) is 0 Å².